The van der Waals surface area contributed by atoms with Crippen LogP contribution in [0.5, 0.6) is 0 Å². The molecule has 3 amide bonds. The summed E-state index contributed by atoms with van der Waals surface area (Å²) in [7, 11) is 0. The van der Waals surface area contributed by atoms with Crippen LogP contribution in [0, 0.1) is 5.92 Å². The fraction of sp³-hybridized carbons (Fsp3) is 0.737. The molecule has 0 saturated carbocycles. The average molecular weight is 367 g/mol. The highest BCUT2D eigenvalue weighted by Gasteiger charge is 2.24. The Morgan fingerprint density at radius 2 is 1.77 bits per heavy atom. The van der Waals surface area contributed by atoms with E-state index < -0.39 is 11.7 Å². The first kappa shape index (κ1) is 22.0. The Morgan fingerprint density at radius 1 is 1.15 bits per heavy atom. The molecule has 1 heterocycles. The molecule has 7 nitrogen and oxygen atoms in total. The zero-order valence-electron chi connectivity index (χ0n) is 16.7. The van der Waals surface area contributed by atoms with Gasteiger partial charge in [0.25, 0.3) is 0 Å². The first-order valence-corrected chi connectivity index (χ1v) is 9.30. The van der Waals surface area contributed by atoms with Gasteiger partial charge in [-0.3, -0.25) is 9.59 Å². The number of carbonyl (C=O) groups is 3. The highest BCUT2D eigenvalue weighted by atomic mass is 16.6. The summed E-state index contributed by atoms with van der Waals surface area (Å²) in [6, 6.07) is 0. The van der Waals surface area contributed by atoms with Gasteiger partial charge in [-0.15, -0.1) is 0 Å². The zero-order chi connectivity index (χ0) is 19.7. The third-order valence-corrected chi connectivity index (χ3v) is 4.25. The van der Waals surface area contributed by atoms with E-state index in [4.69, 9.17) is 4.74 Å². The van der Waals surface area contributed by atoms with Gasteiger partial charge in [-0.2, -0.15) is 0 Å². The Labute approximate surface area is 156 Å². The van der Waals surface area contributed by atoms with Crippen LogP contribution in [0.1, 0.15) is 53.9 Å². The fourth-order valence-electron chi connectivity index (χ4n) is 2.58. The molecule has 1 fully saturated rings. The second-order valence-corrected chi connectivity index (χ2v) is 7.77. The molecule has 1 aliphatic rings. The number of ether oxygens (including phenoxy) is 1. The van der Waals surface area contributed by atoms with E-state index in [9.17, 15) is 14.4 Å². The lowest BCUT2D eigenvalue weighted by atomic mass is 9.96. The summed E-state index contributed by atoms with van der Waals surface area (Å²) < 4.78 is 5.12. The van der Waals surface area contributed by atoms with Gasteiger partial charge in [0.2, 0.25) is 11.8 Å². The number of allylic oxidation sites excluding steroid dienone is 1. The van der Waals surface area contributed by atoms with Crippen LogP contribution in [0.25, 0.3) is 0 Å². The number of amides is 3. The highest BCUT2D eigenvalue weighted by molar-refractivity contribution is 5.88. The van der Waals surface area contributed by atoms with Crippen molar-refractivity contribution >= 4 is 17.9 Å². The first-order chi connectivity index (χ1) is 12.1. The van der Waals surface area contributed by atoms with Crippen LogP contribution in [0.2, 0.25) is 0 Å². The Balaban J connectivity index is 2.27. The highest BCUT2D eigenvalue weighted by Crippen LogP contribution is 2.16. The van der Waals surface area contributed by atoms with E-state index in [0.29, 0.717) is 25.6 Å². The Kier molecular flexibility index (Phi) is 8.61. The lowest BCUT2D eigenvalue weighted by molar-refractivity contribution is -0.131. The van der Waals surface area contributed by atoms with Crippen molar-refractivity contribution in [3.63, 3.8) is 0 Å². The SMILES string of the molecule is CC/C(C)=C/C(=O)NCC1CCN(C(=O)CNC(=O)OC(C)(C)C)CC1. The van der Waals surface area contributed by atoms with Gasteiger partial charge in [-0.05, 0) is 52.9 Å². The molecular formula is C19H33N3O4. The molecular weight excluding hydrogens is 334 g/mol. The quantitative estimate of drug-likeness (QED) is 0.705. The number of rotatable bonds is 6. The average Bonchev–Trinajstić information content (AvgIpc) is 2.56. The molecule has 2 N–H and O–H groups in total. The molecule has 148 valence electrons. The Morgan fingerprint density at radius 3 is 2.31 bits per heavy atom. The van der Waals surface area contributed by atoms with Gasteiger partial charge in [0, 0.05) is 25.7 Å². The molecule has 0 aromatic rings. The minimum atomic E-state index is -0.584. The van der Waals surface area contributed by atoms with Crippen LogP contribution in [0.3, 0.4) is 0 Å². The maximum absolute atomic E-state index is 12.2. The molecule has 7 heteroatoms. The Hall–Kier alpha value is -2.05. The molecule has 0 spiro atoms. The van der Waals surface area contributed by atoms with Crippen molar-refractivity contribution in [2.24, 2.45) is 5.92 Å². The lowest BCUT2D eigenvalue weighted by Crippen LogP contribution is -2.46. The van der Waals surface area contributed by atoms with E-state index >= 15 is 0 Å². The van der Waals surface area contributed by atoms with Crippen molar-refractivity contribution in [3.8, 4) is 0 Å². The molecule has 1 rings (SSSR count). The predicted octanol–water partition coefficient (Wildman–Crippen LogP) is 2.22. The van der Waals surface area contributed by atoms with Crippen LogP contribution < -0.4 is 10.6 Å². The van der Waals surface area contributed by atoms with E-state index in [-0.39, 0.29) is 18.4 Å². The monoisotopic (exact) mass is 367 g/mol. The summed E-state index contributed by atoms with van der Waals surface area (Å²) in [5, 5.41) is 5.43. The normalized spacial score (nSPS) is 16.2. The van der Waals surface area contributed by atoms with Crippen molar-refractivity contribution in [1.29, 1.82) is 0 Å². The number of carbonyl (C=O) groups excluding carboxylic acids is 3. The second-order valence-electron chi connectivity index (χ2n) is 7.77. The predicted molar refractivity (Wildman–Crippen MR) is 101 cm³/mol. The molecule has 1 aliphatic heterocycles. The summed E-state index contributed by atoms with van der Waals surface area (Å²) in [4.78, 5) is 37.3. The third kappa shape index (κ3) is 8.87. The molecule has 0 aromatic carbocycles. The van der Waals surface area contributed by atoms with Crippen LogP contribution in [-0.4, -0.2) is 54.6 Å². The molecule has 0 atom stereocenters. The van der Waals surface area contributed by atoms with Gasteiger partial charge in [0.15, 0.2) is 0 Å². The molecule has 0 bridgehead atoms. The van der Waals surface area contributed by atoms with Gasteiger partial charge < -0.3 is 20.3 Å². The molecule has 26 heavy (non-hydrogen) atoms. The summed E-state index contributed by atoms with van der Waals surface area (Å²) in [6.07, 6.45) is 3.61. The van der Waals surface area contributed by atoms with E-state index in [2.05, 4.69) is 10.6 Å². The van der Waals surface area contributed by atoms with E-state index in [1.807, 2.05) is 13.8 Å². The number of hydrogen-bond acceptors (Lipinski definition) is 4. The number of alkyl carbamates (subject to hydrolysis) is 1. The molecule has 0 unspecified atom stereocenters. The number of hydrogen-bond donors (Lipinski definition) is 2. The lowest BCUT2D eigenvalue weighted by Gasteiger charge is -2.32. The van der Waals surface area contributed by atoms with E-state index in [1.54, 1.807) is 31.7 Å². The third-order valence-electron chi connectivity index (χ3n) is 4.25. The Bertz CT molecular complexity index is 529. The van der Waals surface area contributed by atoms with Crippen molar-refractivity contribution < 1.29 is 19.1 Å². The molecule has 0 radical (unpaired) electrons. The minimum absolute atomic E-state index is 0.0515. The standard InChI is InChI=1S/C19H33N3O4/c1-6-14(2)11-16(23)20-12-15-7-9-22(10-8-15)17(24)13-21-18(25)26-19(3,4)5/h11,15H,6-10,12-13H2,1-5H3,(H,20,23)(H,21,25)/b14-11+. The first-order valence-electron chi connectivity index (χ1n) is 9.30. The topological polar surface area (TPSA) is 87.7 Å². The number of nitrogens with one attached hydrogen (secondary N) is 2. The van der Waals surface area contributed by atoms with Crippen LogP contribution in [0.15, 0.2) is 11.6 Å². The zero-order valence-corrected chi connectivity index (χ0v) is 16.7. The number of likely N-dealkylation sites (tertiary alicyclic amines) is 1. The van der Waals surface area contributed by atoms with Crippen molar-refractivity contribution in [3.05, 3.63) is 11.6 Å². The smallest absolute Gasteiger partial charge is 0.408 e. The van der Waals surface area contributed by atoms with Gasteiger partial charge in [0.1, 0.15) is 12.1 Å². The van der Waals surface area contributed by atoms with E-state index in [0.717, 1.165) is 24.8 Å². The maximum Gasteiger partial charge on any atom is 0.408 e. The largest absolute Gasteiger partial charge is 0.444 e. The van der Waals surface area contributed by atoms with Crippen molar-refractivity contribution in [2.45, 2.75) is 59.5 Å². The van der Waals surface area contributed by atoms with Crippen LogP contribution in [-0.2, 0) is 14.3 Å². The summed E-state index contributed by atoms with van der Waals surface area (Å²) in [6.45, 7) is 11.1. The number of nitrogens with zero attached hydrogens (tertiary/aromatic N) is 1. The number of piperidine rings is 1. The summed E-state index contributed by atoms with van der Waals surface area (Å²) in [5.74, 6) is 0.210. The molecule has 0 aliphatic carbocycles. The van der Waals surface area contributed by atoms with Gasteiger partial charge in [-0.25, -0.2) is 4.79 Å². The minimum Gasteiger partial charge on any atom is -0.444 e. The van der Waals surface area contributed by atoms with Gasteiger partial charge in [-0.1, -0.05) is 12.5 Å². The van der Waals surface area contributed by atoms with Gasteiger partial charge in [0.05, 0.1) is 0 Å². The van der Waals surface area contributed by atoms with Crippen molar-refractivity contribution in [2.75, 3.05) is 26.2 Å². The summed E-state index contributed by atoms with van der Waals surface area (Å²) in [5.41, 5.74) is 0.473. The van der Waals surface area contributed by atoms with Crippen LogP contribution in [0.4, 0.5) is 4.79 Å². The molecule has 0 aromatic heterocycles. The van der Waals surface area contributed by atoms with Crippen molar-refractivity contribution in [1.82, 2.24) is 15.5 Å². The summed E-state index contributed by atoms with van der Waals surface area (Å²) >= 11 is 0. The maximum atomic E-state index is 12.2. The fourth-order valence-corrected chi connectivity index (χ4v) is 2.58. The molecule has 1 saturated heterocycles. The second kappa shape index (κ2) is 10.2. The van der Waals surface area contributed by atoms with Gasteiger partial charge >= 0.3 is 6.09 Å². The van der Waals surface area contributed by atoms with Crippen LogP contribution >= 0.6 is 0 Å². The van der Waals surface area contributed by atoms with E-state index in [1.165, 1.54) is 0 Å².